The van der Waals surface area contributed by atoms with E-state index >= 15 is 4.39 Å². The SMILES string of the molecule is C#Cc1cc2c(-c3cc(F)c4c(c3C)CCCO4)c([C@H](OC(C)(C)C)C(=O)OC)c(C)nc2n1C. The van der Waals surface area contributed by atoms with Gasteiger partial charge in [-0.15, -0.1) is 6.42 Å². The molecule has 4 rings (SSSR count). The molecule has 0 fully saturated rings. The zero-order valence-electron chi connectivity index (χ0n) is 21.3. The maximum atomic E-state index is 15.4. The number of halogens is 1. The van der Waals surface area contributed by atoms with Crippen LogP contribution in [-0.2, 0) is 27.7 Å². The summed E-state index contributed by atoms with van der Waals surface area (Å²) in [7, 11) is 3.16. The van der Waals surface area contributed by atoms with Crippen molar-refractivity contribution in [1.29, 1.82) is 0 Å². The molecule has 0 bridgehead atoms. The van der Waals surface area contributed by atoms with E-state index in [-0.39, 0.29) is 0 Å². The number of terminal acetylenes is 1. The quantitative estimate of drug-likeness (QED) is 0.375. The molecule has 0 spiro atoms. The molecule has 1 atom stereocenters. The van der Waals surface area contributed by atoms with Gasteiger partial charge in [-0.2, -0.15) is 0 Å². The standard InChI is InChI=1S/C28H31FN2O4/c1-9-17-13-20-23(19-14-21(29)24-18(15(19)2)11-10-12-34-24)22(16(3)30-26(20)31(17)7)25(27(32)33-8)35-28(4,5)6/h1,13-14,25H,10-12H2,2-8H3/t25-/m0/s1. The molecule has 7 heteroatoms. The van der Waals surface area contributed by atoms with Crippen LogP contribution in [0.15, 0.2) is 12.1 Å². The van der Waals surface area contributed by atoms with Crippen LogP contribution >= 0.6 is 0 Å². The lowest BCUT2D eigenvalue weighted by Gasteiger charge is -2.29. The van der Waals surface area contributed by atoms with Gasteiger partial charge in [0.2, 0.25) is 0 Å². The molecule has 35 heavy (non-hydrogen) atoms. The fourth-order valence-corrected chi connectivity index (χ4v) is 4.81. The van der Waals surface area contributed by atoms with Gasteiger partial charge in [0.15, 0.2) is 17.7 Å². The maximum Gasteiger partial charge on any atom is 0.339 e. The molecule has 1 aromatic carbocycles. The van der Waals surface area contributed by atoms with Crippen molar-refractivity contribution in [2.24, 2.45) is 7.05 Å². The third-order valence-corrected chi connectivity index (χ3v) is 6.41. The van der Waals surface area contributed by atoms with E-state index in [9.17, 15) is 4.79 Å². The Hall–Kier alpha value is -3.37. The summed E-state index contributed by atoms with van der Waals surface area (Å²) >= 11 is 0. The number of fused-ring (bicyclic) bond motifs is 2. The number of carbonyl (C=O) groups excluding carboxylic acids is 1. The Bertz CT molecular complexity index is 1380. The Morgan fingerprint density at radius 3 is 2.66 bits per heavy atom. The first kappa shape index (κ1) is 24.7. The minimum absolute atomic E-state index is 0.300. The Morgan fingerprint density at radius 1 is 1.31 bits per heavy atom. The molecule has 6 nitrogen and oxygen atoms in total. The normalized spacial score (nSPS) is 14.3. The Morgan fingerprint density at radius 2 is 2.03 bits per heavy atom. The molecule has 3 aromatic rings. The maximum absolute atomic E-state index is 15.4. The van der Waals surface area contributed by atoms with Crippen molar-refractivity contribution in [2.75, 3.05) is 13.7 Å². The van der Waals surface area contributed by atoms with Crippen LogP contribution in [0.4, 0.5) is 4.39 Å². The highest BCUT2D eigenvalue weighted by Gasteiger charge is 2.35. The predicted molar refractivity (Wildman–Crippen MR) is 133 cm³/mol. The van der Waals surface area contributed by atoms with Crippen LogP contribution in [0.25, 0.3) is 22.2 Å². The summed E-state index contributed by atoms with van der Waals surface area (Å²) < 4.78 is 34.2. The fraction of sp³-hybridized carbons (Fsp3) is 0.429. The summed E-state index contributed by atoms with van der Waals surface area (Å²) in [5.74, 6) is 1.99. The number of hydrogen-bond donors (Lipinski definition) is 0. The van der Waals surface area contributed by atoms with Gasteiger partial charge < -0.3 is 18.8 Å². The van der Waals surface area contributed by atoms with Gasteiger partial charge in [0.1, 0.15) is 5.65 Å². The van der Waals surface area contributed by atoms with E-state index in [0.29, 0.717) is 57.9 Å². The molecule has 184 valence electrons. The summed E-state index contributed by atoms with van der Waals surface area (Å²) in [5, 5.41) is 0.714. The first-order valence-electron chi connectivity index (χ1n) is 11.7. The minimum atomic E-state index is -1.07. The lowest BCUT2D eigenvalue weighted by molar-refractivity contribution is -0.164. The highest BCUT2D eigenvalue weighted by molar-refractivity contribution is 6.00. The fourth-order valence-electron chi connectivity index (χ4n) is 4.81. The summed E-state index contributed by atoms with van der Waals surface area (Å²) in [5.41, 5.74) is 4.74. The molecule has 0 saturated heterocycles. The minimum Gasteiger partial charge on any atom is -0.490 e. The monoisotopic (exact) mass is 478 g/mol. The predicted octanol–water partition coefficient (Wildman–Crippen LogP) is 5.33. The molecular weight excluding hydrogens is 447 g/mol. The topological polar surface area (TPSA) is 62.6 Å². The number of nitrogens with zero attached hydrogens (tertiary/aromatic N) is 2. The van der Waals surface area contributed by atoms with Crippen molar-refractivity contribution in [2.45, 2.75) is 59.2 Å². The molecule has 0 amide bonds. The number of benzene rings is 1. The van der Waals surface area contributed by atoms with Crippen LogP contribution in [0.1, 0.15) is 61.4 Å². The van der Waals surface area contributed by atoms with E-state index in [1.807, 2.05) is 52.3 Å². The molecule has 0 N–H and O–H groups in total. The van der Waals surface area contributed by atoms with Gasteiger partial charge in [-0.1, -0.05) is 5.92 Å². The first-order valence-corrected chi connectivity index (χ1v) is 11.7. The van der Waals surface area contributed by atoms with Gasteiger partial charge in [0.25, 0.3) is 0 Å². The zero-order chi connectivity index (χ0) is 25.7. The number of aryl methyl sites for hydroxylation is 2. The van der Waals surface area contributed by atoms with E-state index in [1.165, 1.54) is 13.2 Å². The molecule has 1 aliphatic heterocycles. The Kier molecular flexibility index (Phi) is 6.37. The van der Waals surface area contributed by atoms with E-state index in [2.05, 4.69) is 5.92 Å². The number of aromatic nitrogens is 2. The third-order valence-electron chi connectivity index (χ3n) is 6.41. The van der Waals surface area contributed by atoms with Crippen molar-refractivity contribution in [1.82, 2.24) is 9.55 Å². The highest BCUT2D eigenvalue weighted by Crippen LogP contribution is 2.44. The Balaban J connectivity index is 2.16. The first-order chi connectivity index (χ1) is 16.5. The summed E-state index contributed by atoms with van der Waals surface area (Å²) in [6.07, 6.45) is 6.20. The van der Waals surface area contributed by atoms with Crippen molar-refractivity contribution >= 4 is 17.0 Å². The van der Waals surface area contributed by atoms with Gasteiger partial charge in [-0.25, -0.2) is 14.2 Å². The second-order valence-corrected chi connectivity index (χ2v) is 9.88. The summed E-state index contributed by atoms with van der Waals surface area (Å²) in [4.78, 5) is 17.9. The van der Waals surface area contributed by atoms with Crippen LogP contribution in [0.3, 0.4) is 0 Å². The number of ether oxygens (including phenoxy) is 3. The van der Waals surface area contributed by atoms with E-state index in [0.717, 1.165) is 17.5 Å². The molecule has 0 radical (unpaired) electrons. The summed E-state index contributed by atoms with van der Waals surface area (Å²) in [6.45, 7) is 9.85. The lowest BCUT2D eigenvalue weighted by atomic mass is 9.86. The van der Waals surface area contributed by atoms with Crippen LogP contribution in [0, 0.1) is 32.0 Å². The molecule has 0 aliphatic carbocycles. The molecule has 3 heterocycles. The third kappa shape index (κ3) is 4.28. The average molecular weight is 479 g/mol. The number of esters is 1. The van der Waals surface area contributed by atoms with E-state index in [4.69, 9.17) is 25.6 Å². The molecule has 2 aromatic heterocycles. The van der Waals surface area contributed by atoms with Gasteiger partial charge >= 0.3 is 5.97 Å². The number of carbonyl (C=O) groups is 1. The average Bonchev–Trinajstić information content (AvgIpc) is 3.13. The highest BCUT2D eigenvalue weighted by atomic mass is 19.1. The van der Waals surface area contributed by atoms with Gasteiger partial charge in [0, 0.05) is 34.8 Å². The molecular formula is C28H31FN2O4. The van der Waals surface area contributed by atoms with Gasteiger partial charge in [0.05, 0.1) is 25.0 Å². The number of hydrogen-bond acceptors (Lipinski definition) is 5. The van der Waals surface area contributed by atoms with Crippen molar-refractivity contribution < 1.29 is 23.4 Å². The molecule has 0 unspecified atom stereocenters. The van der Waals surface area contributed by atoms with E-state index < -0.39 is 23.5 Å². The molecule has 1 aliphatic rings. The van der Waals surface area contributed by atoms with Crippen molar-refractivity contribution in [3.05, 3.63) is 46.0 Å². The number of methoxy groups -OCH3 is 1. The van der Waals surface area contributed by atoms with Crippen molar-refractivity contribution in [3.8, 4) is 29.2 Å². The smallest absolute Gasteiger partial charge is 0.339 e. The number of pyridine rings is 1. The number of rotatable bonds is 4. The van der Waals surface area contributed by atoms with E-state index in [1.54, 1.807) is 0 Å². The Labute approximate surface area is 205 Å². The zero-order valence-corrected chi connectivity index (χ0v) is 21.3. The second kappa shape index (κ2) is 9.01. The van der Waals surface area contributed by atoms with Gasteiger partial charge in [-0.05, 0) is 70.7 Å². The van der Waals surface area contributed by atoms with Crippen LogP contribution in [-0.4, -0.2) is 34.8 Å². The van der Waals surface area contributed by atoms with Crippen LogP contribution < -0.4 is 4.74 Å². The van der Waals surface area contributed by atoms with Gasteiger partial charge in [-0.3, -0.25) is 0 Å². The lowest BCUT2D eigenvalue weighted by Crippen LogP contribution is -2.29. The van der Waals surface area contributed by atoms with Crippen LogP contribution in [0.5, 0.6) is 5.75 Å². The van der Waals surface area contributed by atoms with Crippen molar-refractivity contribution in [3.63, 3.8) is 0 Å². The van der Waals surface area contributed by atoms with Crippen LogP contribution in [0.2, 0.25) is 0 Å². The largest absolute Gasteiger partial charge is 0.490 e. The summed E-state index contributed by atoms with van der Waals surface area (Å²) in [6, 6.07) is 3.32. The molecule has 0 saturated carbocycles. The second-order valence-electron chi connectivity index (χ2n) is 9.88.